The summed E-state index contributed by atoms with van der Waals surface area (Å²) >= 11 is 0. The van der Waals surface area contributed by atoms with Gasteiger partial charge < -0.3 is 14.2 Å². The van der Waals surface area contributed by atoms with Gasteiger partial charge in [0, 0.05) is 0 Å². The Balaban J connectivity index is 2.36. The molecule has 0 saturated heterocycles. The highest BCUT2D eigenvalue weighted by Crippen LogP contribution is 2.33. The van der Waals surface area contributed by atoms with Crippen LogP contribution in [0.4, 0.5) is 0 Å². The second kappa shape index (κ2) is 5.94. The Labute approximate surface area is 117 Å². The highest BCUT2D eigenvalue weighted by Gasteiger charge is 2.39. The maximum atomic E-state index is 11.9. The second-order valence-electron chi connectivity index (χ2n) is 4.80. The number of carbonyl (C=O) groups excluding carboxylic acids is 2. The quantitative estimate of drug-likeness (QED) is 0.781. The van der Waals surface area contributed by atoms with Crippen molar-refractivity contribution in [1.82, 2.24) is 0 Å². The van der Waals surface area contributed by atoms with Gasteiger partial charge in [0.1, 0.15) is 5.75 Å². The van der Waals surface area contributed by atoms with Crippen LogP contribution < -0.4 is 4.74 Å². The summed E-state index contributed by atoms with van der Waals surface area (Å²) in [6.45, 7) is 0. The van der Waals surface area contributed by atoms with Gasteiger partial charge in [-0.05, 0) is 36.1 Å². The summed E-state index contributed by atoms with van der Waals surface area (Å²) in [7, 11) is 4.26. The Morgan fingerprint density at radius 2 is 1.50 bits per heavy atom. The molecule has 108 valence electrons. The van der Waals surface area contributed by atoms with Crippen LogP contribution in [-0.2, 0) is 31.9 Å². The molecule has 5 heteroatoms. The van der Waals surface area contributed by atoms with Gasteiger partial charge in [-0.2, -0.15) is 0 Å². The van der Waals surface area contributed by atoms with Crippen molar-refractivity contribution in [2.24, 2.45) is 11.8 Å². The van der Waals surface area contributed by atoms with E-state index in [2.05, 4.69) is 0 Å². The number of methoxy groups -OCH3 is 3. The number of benzene rings is 1. The number of fused-ring (bicyclic) bond motifs is 1. The van der Waals surface area contributed by atoms with Crippen LogP contribution in [0.5, 0.6) is 5.75 Å². The molecule has 1 aliphatic carbocycles. The van der Waals surface area contributed by atoms with Crippen LogP contribution in [0.15, 0.2) is 18.2 Å². The van der Waals surface area contributed by atoms with Crippen LogP contribution in [0.2, 0.25) is 0 Å². The highest BCUT2D eigenvalue weighted by molar-refractivity contribution is 5.83. The molecule has 20 heavy (non-hydrogen) atoms. The van der Waals surface area contributed by atoms with Gasteiger partial charge in [-0.15, -0.1) is 0 Å². The standard InChI is InChI=1S/C15H18O5/c1-18-11-5-4-9-7-12(14(16)19-2)13(15(17)20-3)8-10(9)6-11/h4-6,12-13H,7-8H2,1-3H3/t12-,13-/m1/s1. The van der Waals surface area contributed by atoms with Gasteiger partial charge in [-0.3, -0.25) is 9.59 Å². The van der Waals surface area contributed by atoms with Crippen LogP contribution in [0, 0.1) is 11.8 Å². The molecule has 1 aromatic rings. The van der Waals surface area contributed by atoms with E-state index >= 15 is 0 Å². The van der Waals surface area contributed by atoms with Gasteiger partial charge in [-0.1, -0.05) is 6.07 Å². The van der Waals surface area contributed by atoms with Gasteiger partial charge in [0.2, 0.25) is 0 Å². The van der Waals surface area contributed by atoms with Crippen molar-refractivity contribution >= 4 is 11.9 Å². The molecule has 0 heterocycles. The molecule has 0 unspecified atom stereocenters. The molecule has 0 aliphatic heterocycles. The highest BCUT2D eigenvalue weighted by atomic mass is 16.5. The molecule has 0 bridgehead atoms. The maximum Gasteiger partial charge on any atom is 0.309 e. The molecule has 0 amide bonds. The van der Waals surface area contributed by atoms with E-state index < -0.39 is 11.8 Å². The monoisotopic (exact) mass is 278 g/mol. The number of carbonyl (C=O) groups is 2. The number of esters is 2. The number of ether oxygens (including phenoxy) is 3. The van der Waals surface area contributed by atoms with E-state index in [4.69, 9.17) is 14.2 Å². The van der Waals surface area contributed by atoms with Gasteiger partial charge >= 0.3 is 11.9 Å². The lowest BCUT2D eigenvalue weighted by Crippen LogP contribution is -2.37. The largest absolute Gasteiger partial charge is 0.497 e. The summed E-state index contributed by atoms with van der Waals surface area (Å²) in [6.07, 6.45) is 0.935. The fourth-order valence-corrected chi connectivity index (χ4v) is 2.67. The Bertz CT molecular complexity index is 523. The summed E-state index contributed by atoms with van der Waals surface area (Å²) in [5, 5.41) is 0. The van der Waals surface area contributed by atoms with Crippen molar-refractivity contribution in [3.05, 3.63) is 29.3 Å². The Morgan fingerprint density at radius 3 is 2.00 bits per heavy atom. The topological polar surface area (TPSA) is 61.8 Å². The molecule has 0 N–H and O–H groups in total. The van der Waals surface area contributed by atoms with Gasteiger partial charge in [0.25, 0.3) is 0 Å². The Kier molecular flexibility index (Phi) is 4.27. The van der Waals surface area contributed by atoms with Crippen LogP contribution in [-0.4, -0.2) is 33.3 Å². The molecule has 0 fully saturated rings. The number of hydrogen-bond acceptors (Lipinski definition) is 5. The maximum absolute atomic E-state index is 11.9. The molecular formula is C15H18O5. The SMILES string of the molecule is COC(=O)[C@@H]1Cc2ccc(OC)cc2C[C@H]1C(=O)OC. The van der Waals surface area contributed by atoms with Crippen LogP contribution >= 0.6 is 0 Å². The zero-order valence-electron chi connectivity index (χ0n) is 11.8. The van der Waals surface area contributed by atoms with Crippen molar-refractivity contribution in [3.63, 3.8) is 0 Å². The second-order valence-corrected chi connectivity index (χ2v) is 4.80. The molecule has 1 aliphatic rings. The number of rotatable bonds is 3. The molecule has 0 saturated carbocycles. The lowest BCUT2D eigenvalue weighted by molar-refractivity contribution is -0.158. The molecular weight excluding hydrogens is 260 g/mol. The van der Waals surface area contributed by atoms with Crippen molar-refractivity contribution in [2.45, 2.75) is 12.8 Å². The first-order valence-electron chi connectivity index (χ1n) is 6.42. The minimum atomic E-state index is -0.507. The summed E-state index contributed by atoms with van der Waals surface area (Å²) in [5.41, 5.74) is 2.06. The van der Waals surface area contributed by atoms with Crippen molar-refractivity contribution in [1.29, 1.82) is 0 Å². The average Bonchev–Trinajstić information content (AvgIpc) is 2.51. The molecule has 2 rings (SSSR count). The smallest absolute Gasteiger partial charge is 0.309 e. The molecule has 1 aromatic carbocycles. The summed E-state index contributed by atoms with van der Waals surface area (Å²) < 4.78 is 14.8. The Morgan fingerprint density at radius 1 is 0.950 bits per heavy atom. The minimum Gasteiger partial charge on any atom is -0.497 e. The van der Waals surface area contributed by atoms with E-state index in [1.54, 1.807) is 7.11 Å². The first-order valence-corrected chi connectivity index (χ1v) is 6.42. The van der Waals surface area contributed by atoms with Crippen molar-refractivity contribution in [3.8, 4) is 5.75 Å². The van der Waals surface area contributed by atoms with E-state index in [1.807, 2.05) is 18.2 Å². The first-order chi connectivity index (χ1) is 9.60. The minimum absolute atomic E-state index is 0.373. The molecule has 2 atom stereocenters. The Hall–Kier alpha value is -2.04. The fourth-order valence-electron chi connectivity index (χ4n) is 2.67. The van der Waals surface area contributed by atoms with E-state index in [0.29, 0.717) is 12.8 Å². The zero-order valence-corrected chi connectivity index (χ0v) is 11.8. The predicted octanol–water partition coefficient (Wildman–Crippen LogP) is 1.37. The van der Waals surface area contributed by atoms with Gasteiger partial charge in [-0.25, -0.2) is 0 Å². The lowest BCUT2D eigenvalue weighted by Gasteiger charge is -2.29. The molecule has 0 radical (unpaired) electrons. The van der Waals surface area contributed by atoms with Crippen LogP contribution in [0.1, 0.15) is 11.1 Å². The third-order valence-electron chi connectivity index (χ3n) is 3.79. The average molecular weight is 278 g/mol. The van der Waals surface area contributed by atoms with Crippen LogP contribution in [0.25, 0.3) is 0 Å². The summed E-state index contributed by atoms with van der Waals surface area (Å²) in [4.78, 5) is 23.8. The van der Waals surface area contributed by atoms with Crippen molar-refractivity contribution in [2.75, 3.05) is 21.3 Å². The third kappa shape index (κ3) is 2.61. The van der Waals surface area contributed by atoms with Crippen LogP contribution in [0.3, 0.4) is 0 Å². The molecule has 5 nitrogen and oxygen atoms in total. The summed E-state index contributed by atoms with van der Waals surface area (Å²) in [5.74, 6) is -1.01. The fraction of sp³-hybridized carbons (Fsp3) is 0.467. The lowest BCUT2D eigenvalue weighted by atomic mass is 9.75. The van der Waals surface area contributed by atoms with E-state index in [-0.39, 0.29) is 11.9 Å². The predicted molar refractivity (Wildman–Crippen MR) is 71.4 cm³/mol. The summed E-state index contributed by atoms with van der Waals surface area (Å²) in [6, 6.07) is 5.68. The van der Waals surface area contributed by atoms with Gasteiger partial charge in [0.15, 0.2) is 0 Å². The van der Waals surface area contributed by atoms with Crippen molar-refractivity contribution < 1.29 is 23.8 Å². The molecule has 0 spiro atoms. The first kappa shape index (κ1) is 14.4. The molecule has 0 aromatic heterocycles. The number of hydrogen-bond donors (Lipinski definition) is 0. The van der Waals surface area contributed by atoms with E-state index in [1.165, 1.54) is 14.2 Å². The zero-order chi connectivity index (χ0) is 14.7. The third-order valence-corrected chi connectivity index (χ3v) is 3.79. The van der Waals surface area contributed by atoms with Gasteiger partial charge in [0.05, 0.1) is 33.2 Å². The van der Waals surface area contributed by atoms with E-state index in [9.17, 15) is 9.59 Å². The normalized spacial score (nSPS) is 20.8. The van der Waals surface area contributed by atoms with E-state index in [0.717, 1.165) is 16.9 Å².